The van der Waals surface area contributed by atoms with Gasteiger partial charge in [-0.2, -0.15) is 0 Å². The van der Waals surface area contributed by atoms with Crippen molar-refractivity contribution in [2.45, 2.75) is 70.8 Å². The van der Waals surface area contributed by atoms with E-state index in [0.717, 1.165) is 25.7 Å². The summed E-state index contributed by atoms with van der Waals surface area (Å²) in [5.41, 5.74) is 1.27. The van der Waals surface area contributed by atoms with Gasteiger partial charge in [0.05, 0.1) is 0 Å². The lowest BCUT2D eigenvalue weighted by atomic mass is 9.88. The normalized spacial score (nSPS) is 19.8. The standard InChI is InChI=1S/C24H37N3O2/c1-18(2)22(19-9-5-3-6-10-19)17-25-24(29)27-15-13-21(14-16-27)26-23(28)20-11-7-4-8-12-20/h3,5-6,9-10,18,20-22H,4,7-8,11-17H2,1-2H3,(H,25,29)(H,26,28). The Kier molecular flexibility index (Phi) is 7.96. The molecule has 1 atom stereocenters. The molecule has 0 bridgehead atoms. The SMILES string of the molecule is CC(C)C(CNC(=O)N1CCC(NC(=O)C2CCCCC2)CC1)c1ccccc1. The first-order valence-corrected chi connectivity index (χ1v) is 11.4. The van der Waals surface area contributed by atoms with Gasteiger partial charge in [0.1, 0.15) is 0 Å². The highest BCUT2D eigenvalue weighted by molar-refractivity contribution is 5.79. The van der Waals surface area contributed by atoms with E-state index in [1.807, 2.05) is 11.0 Å². The molecule has 1 aliphatic carbocycles. The van der Waals surface area contributed by atoms with Crippen molar-refractivity contribution >= 4 is 11.9 Å². The van der Waals surface area contributed by atoms with Crippen molar-refractivity contribution in [2.24, 2.45) is 11.8 Å². The number of carbonyl (C=O) groups excluding carboxylic acids is 2. The van der Waals surface area contributed by atoms with Crippen LogP contribution < -0.4 is 10.6 Å². The third-order valence-electron chi connectivity index (χ3n) is 6.61. The summed E-state index contributed by atoms with van der Waals surface area (Å²) in [4.78, 5) is 27.0. The van der Waals surface area contributed by atoms with E-state index in [2.05, 4.69) is 48.7 Å². The molecule has 1 aromatic carbocycles. The summed E-state index contributed by atoms with van der Waals surface area (Å²) in [7, 11) is 0. The number of amides is 3. The molecule has 2 N–H and O–H groups in total. The molecule has 1 unspecified atom stereocenters. The van der Waals surface area contributed by atoms with E-state index in [9.17, 15) is 9.59 Å². The van der Waals surface area contributed by atoms with Crippen LogP contribution in [0.15, 0.2) is 30.3 Å². The summed E-state index contributed by atoms with van der Waals surface area (Å²) in [6, 6.07) is 10.6. The van der Waals surface area contributed by atoms with Crippen molar-refractivity contribution in [1.82, 2.24) is 15.5 Å². The van der Waals surface area contributed by atoms with Crippen molar-refractivity contribution in [1.29, 1.82) is 0 Å². The largest absolute Gasteiger partial charge is 0.353 e. The lowest BCUT2D eigenvalue weighted by Gasteiger charge is -2.34. The average Bonchev–Trinajstić information content (AvgIpc) is 2.75. The molecule has 5 nitrogen and oxygen atoms in total. The highest BCUT2D eigenvalue weighted by atomic mass is 16.2. The Labute approximate surface area is 175 Å². The number of hydrogen-bond acceptors (Lipinski definition) is 2. The quantitative estimate of drug-likeness (QED) is 0.749. The maximum atomic E-state index is 12.7. The molecule has 2 aliphatic rings. The fourth-order valence-electron chi connectivity index (χ4n) is 4.66. The van der Waals surface area contributed by atoms with Gasteiger partial charge < -0.3 is 15.5 Å². The van der Waals surface area contributed by atoms with Crippen LogP contribution in [0.25, 0.3) is 0 Å². The van der Waals surface area contributed by atoms with Gasteiger partial charge in [-0.15, -0.1) is 0 Å². The summed E-state index contributed by atoms with van der Waals surface area (Å²) in [5.74, 6) is 1.21. The zero-order valence-electron chi connectivity index (χ0n) is 18.0. The Morgan fingerprint density at radius 3 is 2.28 bits per heavy atom. The molecule has 3 rings (SSSR count). The van der Waals surface area contributed by atoms with Crippen LogP contribution in [0.2, 0.25) is 0 Å². The first-order valence-electron chi connectivity index (χ1n) is 11.4. The number of rotatable bonds is 6. The van der Waals surface area contributed by atoms with E-state index in [4.69, 9.17) is 0 Å². The molecule has 0 radical (unpaired) electrons. The molecule has 2 fully saturated rings. The summed E-state index contributed by atoms with van der Waals surface area (Å²) >= 11 is 0. The van der Waals surface area contributed by atoms with E-state index in [0.29, 0.717) is 31.5 Å². The molecule has 5 heteroatoms. The molecule has 29 heavy (non-hydrogen) atoms. The third-order valence-corrected chi connectivity index (χ3v) is 6.61. The van der Waals surface area contributed by atoms with Crippen LogP contribution in [0.1, 0.15) is 70.3 Å². The van der Waals surface area contributed by atoms with E-state index < -0.39 is 0 Å². The number of nitrogens with zero attached hydrogens (tertiary/aromatic N) is 1. The topological polar surface area (TPSA) is 61.4 Å². The maximum Gasteiger partial charge on any atom is 0.317 e. The Morgan fingerprint density at radius 2 is 1.66 bits per heavy atom. The summed E-state index contributed by atoms with van der Waals surface area (Å²) < 4.78 is 0. The number of urea groups is 1. The van der Waals surface area contributed by atoms with Crippen molar-refractivity contribution in [2.75, 3.05) is 19.6 Å². The van der Waals surface area contributed by atoms with Gasteiger partial charge in [-0.1, -0.05) is 63.4 Å². The lowest BCUT2D eigenvalue weighted by Crippen LogP contribution is -2.50. The number of hydrogen-bond donors (Lipinski definition) is 2. The van der Waals surface area contributed by atoms with Gasteiger partial charge in [0, 0.05) is 37.5 Å². The molecule has 1 aliphatic heterocycles. The van der Waals surface area contributed by atoms with Gasteiger partial charge in [-0.3, -0.25) is 4.79 Å². The van der Waals surface area contributed by atoms with Crippen LogP contribution >= 0.6 is 0 Å². The van der Waals surface area contributed by atoms with Crippen LogP contribution in [0, 0.1) is 11.8 Å². The molecule has 1 saturated carbocycles. The first-order chi connectivity index (χ1) is 14.0. The van der Waals surface area contributed by atoms with Gasteiger partial charge in [-0.05, 0) is 37.2 Å². The predicted molar refractivity (Wildman–Crippen MR) is 117 cm³/mol. The molecule has 0 spiro atoms. The van der Waals surface area contributed by atoms with E-state index >= 15 is 0 Å². The summed E-state index contributed by atoms with van der Waals surface area (Å²) in [6.07, 6.45) is 7.38. The average molecular weight is 400 g/mol. The Hall–Kier alpha value is -2.04. The van der Waals surface area contributed by atoms with Gasteiger partial charge in [0.2, 0.25) is 5.91 Å². The van der Waals surface area contributed by atoms with Gasteiger partial charge in [-0.25, -0.2) is 4.79 Å². The molecule has 1 saturated heterocycles. The number of carbonyl (C=O) groups is 2. The highest BCUT2D eigenvalue weighted by Crippen LogP contribution is 2.25. The van der Waals surface area contributed by atoms with Crippen LogP contribution in [-0.2, 0) is 4.79 Å². The maximum absolute atomic E-state index is 12.7. The van der Waals surface area contributed by atoms with Crippen LogP contribution in [0.4, 0.5) is 4.79 Å². The molecular weight excluding hydrogens is 362 g/mol. The molecule has 3 amide bonds. The van der Waals surface area contributed by atoms with Gasteiger partial charge in [0.15, 0.2) is 0 Å². The smallest absolute Gasteiger partial charge is 0.317 e. The first kappa shape index (κ1) is 21.7. The lowest BCUT2D eigenvalue weighted by molar-refractivity contribution is -0.126. The van der Waals surface area contributed by atoms with Crippen molar-refractivity contribution in [3.05, 3.63) is 35.9 Å². The van der Waals surface area contributed by atoms with Crippen molar-refractivity contribution < 1.29 is 9.59 Å². The minimum absolute atomic E-state index is 0.0173. The Morgan fingerprint density at radius 1 is 1.00 bits per heavy atom. The Balaban J connectivity index is 1.42. The zero-order valence-corrected chi connectivity index (χ0v) is 18.0. The fourth-order valence-corrected chi connectivity index (χ4v) is 4.66. The van der Waals surface area contributed by atoms with Crippen LogP contribution in [0.5, 0.6) is 0 Å². The molecule has 1 aromatic rings. The van der Waals surface area contributed by atoms with Crippen LogP contribution in [-0.4, -0.2) is 42.5 Å². The third kappa shape index (κ3) is 6.22. The number of piperidine rings is 1. The molecular formula is C24H37N3O2. The summed E-state index contributed by atoms with van der Waals surface area (Å²) in [5, 5.41) is 6.38. The second kappa shape index (κ2) is 10.7. The number of benzene rings is 1. The van der Waals surface area contributed by atoms with E-state index in [1.165, 1.54) is 24.8 Å². The minimum Gasteiger partial charge on any atom is -0.353 e. The van der Waals surface area contributed by atoms with Crippen molar-refractivity contribution in [3.63, 3.8) is 0 Å². The number of likely N-dealkylation sites (tertiary alicyclic amines) is 1. The molecule has 160 valence electrons. The minimum atomic E-state index is 0.0173. The second-order valence-electron chi connectivity index (χ2n) is 9.05. The van der Waals surface area contributed by atoms with Gasteiger partial charge in [0.25, 0.3) is 0 Å². The monoisotopic (exact) mass is 399 g/mol. The highest BCUT2D eigenvalue weighted by Gasteiger charge is 2.27. The fraction of sp³-hybridized carbons (Fsp3) is 0.667. The van der Waals surface area contributed by atoms with Gasteiger partial charge >= 0.3 is 6.03 Å². The van der Waals surface area contributed by atoms with Crippen molar-refractivity contribution in [3.8, 4) is 0 Å². The predicted octanol–water partition coefficient (Wildman–Crippen LogP) is 4.30. The van der Waals surface area contributed by atoms with E-state index in [1.54, 1.807) is 0 Å². The zero-order chi connectivity index (χ0) is 20.6. The molecule has 1 heterocycles. The Bertz CT molecular complexity index is 647. The van der Waals surface area contributed by atoms with Crippen LogP contribution in [0.3, 0.4) is 0 Å². The second-order valence-corrected chi connectivity index (χ2v) is 9.05. The summed E-state index contributed by atoms with van der Waals surface area (Å²) in [6.45, 7) is 6.46. The van der Waals surface area contributed by atoms with E-state index in [-0.39, 0.29) is 23.9 Å². The molecule has 0 aromatic heterocycles. The number of nitrogens with one attached hydrogen (secondary N) is 2.